The van der Waals surface area contributed by atoms with Crippen LogP contribution in [-0.2, 0) is 0 Å². The molecule has 0 aliphatic heterocycles. The quantitative estimate of drug-likeness (QED) is 0.469. The lowest BCUT2D eigenvalue weighted by Crippen LogP contribution is -2.24. The van der Waals surface area contributed by atoms with Crippen molar-refractivity contribution in [2.45, 2.75) is 6.92 Å². The largest absolute Gasteiger partial charge is 0.292 e. The average Bonchev–Trinajstić information content (AvgIpc) is 3.03. The van der Waals surface area contributed by atoms with Crippen LogP contribution < -0.4 is 10.6 Å². The van der Waals surface area contributed by atoms with Crippen molar-refractivity contribution in [2.75, 3.05) is 12.1 Å². The van der Waals surface area contributed by atoms with E-state index in [0.717, 1.165) is 21.2 Å². The predicted octanol–water partition coefficient (Wildman–Crippen LogP) is 4.52. The number of thiophene rings is 1. The second-order valence-corrected chi connectivity index (χ2v) is 7.13. The molecule has 0 saturated carbocycles. The van der Waals surface area contributed by atoms with Crippen LogP contribution in [0.5, 0.6) is 0 Å². The molecule has 1 aromatic carbocycles. The summed E-state index contributed by atoms with van der Waals surface area (Å²) in [4.78, 5) is 13.5. The van der Waals surface area contributed by atoms with E-state index in [4.69, 9.17) is 23.2 Å². The number of benzene rings is 1. The van der Waals surface area contributed by atoms with Gasteiger partial charge in [-0.15, -0.1) is 11.3 Å². The Morgan fingerprint density at radius 2 is 2.12 bits per heavy atom. The molecule has 0 N–H and O–H groups in total. The summed E-state index contributed by atoms with van der Waals surface area (Å²) in [6, 6.07) is 5.86. The number of aromatic nitrogens is 2. The highest BCUT2D eigenvalue weighted by Gasteiger charge is 2.14. The minimum atomic E-state index is -0.580. The molecule has 5 nitrogen and oxygen atoms in total. The Hall–Kier alpha value is -2.22. The Kier molecular flexibility index (Phi) is 5.41. The van der Waals surface area contributed by atoms with Gasteiger partial charge in [-0.25, -0.2) is 4.39 Å². The molecule has 0 spiro atoms. The summed E-state index contributed by atoms with van der Waals surface area (Å²) in [7, 11) is 1.67. The third-order valence-corrected chi connectivity index (χ3v) is 5.25. The average molecular weight is 411 g/mol. The van der Waals surface area contributed by atoms with Gasteiger partial charge in [-0.2, -0.15) is 14.9 Å². The van der Waals surface area contributed by atoms with Crippen LogP contribution in [0.3, 0.4) is 0 Å². The van der Waals surface area contributed by atoms with E-state index in [1.54, 1.807) is 24.6 Å². The number of rotatable bonds is 4. The van der Waals surface area contributed by atoms with E-state index in [1.165, 1.54) is 23.3 Å². The van der Waals surface area contributed by atoms with E-state index >= 15 is 0 Å². The fraction of sp³-hybridized carbons (Fsp3) is 0.118. The highest BCUT2D eigenvalue weighted by Crippen LogP contribution is 2.23. The van der Waals surface area contributed by atoms with E-state index in [9.17, 15) is 9.18 Å². The first-order valence-corrected chi connectivity index (χ1v) is 9.07. The monoisotopic (exact) mass is 410 g/mol. The minimum Gasteiger partial charge on any atom is -0.266 e. The van der Waals surface area contributed by atoms with Gasteiger partial charge in [0.05, 0.1) is 23.1 Å². The van der Waals surface area contributed by atoms with Gasteiger partial charge in [0.15, 0.2) is 0 Å². The van der Waals surface area contributed by atoms with Gasteiger partial charge in [-0.3, -0.25) is 9.80 Å². The summed E-state index contributed by atoms with van der Waals surface area (Å²) in [5.41, 5.74) is 1.22. The van der Waals surface area contributed by atoms with Gasteiger partial charge >= 0.3 is 0 Å². The zero-order chi connectivity index (χ0) is 18.8. The molecule has 0 bridgehead atoms. The molecule has 9 heteroatoms. The molecule has 26 heavy (non-hydrogen) atoms. The number of aryl methyl sites for hydroxylation is 1. The molecule has 0 aliphatic carbocycles. The van der Waals surface area contributed by atoms with Gasteiger partial charge in [-0.05, 0) is 42.1 Å². The number of anilines is 1. The predicted molar refractivity (Wildman–Crippen MR) is 105 cm³/mol. The minimum absolute atomic E-state index is 0.0528. The molecule has 0 radical (unpaired) electrons. The topological polar surface area (TPSA) is 50.5 Å². The Morgan fingerprint density at radius 1 is 1.35 bits per heavy atom. The zero-order valence-electron chi connectivity index (χ0n) is 13.8. The van der Waals surface area contributed by atoms with Crippen molar-refractivity contribution >= 4 is 46.4 Å². The van der Waals surface area contributed by atoms with Crippen molar-refractivity contribution < 1.29 is 4.39 Å². The SMILES string of the molecule is Cc1ccsc1/C=N/N(C)c1cnn(-c2ccc(F)c(Cl)c2)c(=O)c1Cl. The lowest BCUT2D eigenvalue weighted by atomic mass is 10.3. The summed E-state index contributed by atoms with van der Waals surface area (Å²) in [5.74, 6) is -0.580. The Labute approximate surface area is 162 Å². The van der Waals surface area contributed by atoms with Crippen LogP contribution >= 0.6 is 34.5 Å². The zero-order valence-corrected chi connectivity index (χ0v) is 16.1. The van der Waals surface area contributed by atoms with Crippen LogP contribution in [0, 0.1) is 12.7 Å². The normalized spacial score (nSPS) is 11.3. The Morgan fingerprint density at radius 3 is 2.77 bits per heavy atom. The van der Waals surface area contributed by atoms with Crippen LogP contribution in [0.4, 0.5) is 10.1 Å². The number of halogens is 3. The van der Waals surface area contributed by atoms with E-state index in [2.05, 4.69) is 10.2 Å². The number of hydrogen-bond donors (Lipinski definition) is 0. The molecule has 0 fully saturated rings. The summed E-state index contributed by atoms with van der Waals surface area (Å²) in [5, 5.41) is 11.7. The standard InChI is InChI=1S/C17H13Cl2FN4OS/c1-10-5-6-26-15(10)9-21-23(2)14-8-22-24(17(25)16(14)19)11-3-4-13(20)12(18)7-11/h3-9H,1-2H3/b21-9+. The van der Waals surface area contributed by atoms with E-state index in [0.29, 0.717) is 11.4 Å². The third-order valence-electron chi connectivity index (χ3n) is 3.65. The van der Waals surface area contributed by atoms with Crippen molar-refractivity contribution in [3.05, 3.63) is 72.5 Å². The van der Waals surface area contributed by atoms with E-state index < -0.39 is 11.4 Å². The van der Waals surface area contributed by atoms with Gasteiger partial charge in [0.25, 0.3) is 5.56 Å². The molecule has 2 heterocycles. The fourth-order valence-electron chi connectivity index (χ4n) is 2.17. The highest BCUT2D eigenvalue weighted by atomic mass is 35.5. The van der Waals surface area contributed by atoms with Crippen LogP contribution in [0.2, 0.25) is 10.0 Å². The van der Waals surface area contributed by atoms with Crippen molar-refractivity contribution in [3.8, 4) is 5.69 Å². The van der Waals surface area contributed by atoms with Crippen molar-refractivity contribution in [1.29, 1.82) is 0 Å². The molecule has 0 atom stereocenters. The molecule has 0 unspecified atom stereocenters. The summed E-state index contributed by atoms with van der Waals surface area (Å²) < 4.78 is 14.4. The van der Waals surface area contributed by atoms with Gasteiger partial charge in [-0.1, -0.05) is 23.2 Å². The molecule has 3 aromatic rings. The molecule has 0 saturated heterocycles. The fourth-order valence-corrected chi connectivity index (χ4v) is 3.37. The summed E-state index contributed by atoms with van der Waals surface area (Å²) in [6.07, 6.45) is 3.11. The molecule has 0 amide bonds. The van der Waals surface area contributed by atoms with E-state index in [1.807, 2.05) is 18.4 Å². The number of nitrogens with zero attached hydrogens (tertiary/aromatic N) is 4. The number of hydrogen-bond acceptors (Lipinski definition) is 5. The maximum atomic E-state index is 13.3. The first-order chi connectivity index (χ1) is 12.4. The van der Waals surface area contributed by atoms with Crippen molar-refractivity contribution in [2.24, 2.45) is 5.10 Å². The molecular formula is C17H13Cl2FN4OS. The Balaban J connectivity index is 1.94. The molecular weight excluding hydrogens is 398 g/mol. The van der Waals surface area contributed by atoms with Crippen LogP contribution in [0.1, 0.15) is 10.4 Å². The van der Waals surface area contributed by atoms with Gasteiger partial charge in [0, 0.05) is 11.9 Å². The van der Waals surface area contributed by atoms with Crippen LogP contribution in [0.15, 0.2) is 45.7 Å². The highest BCUT2D eigenvalue weighted by molar-refractivity contribution is 7.11. The van der Waals surface area contributed by atoms with Crippen LogP contribution in [-0.4, -0.2) is 23.0 Å². The molecule has 3 rings (SSSR count). The maximum Gasteiger partial charge on any atom is 0.292 e. The van der Waals surface area contributed by atoms with Crippen LogP contribution in [0.25, 0.3) is 5.69 Å². The van der Waals surface area contributed by atoms with Gasteiger partial charge in [0.1, 0.15) is 16.5 Å². The Bertz CT molecular complexity index is 1050. The number of hydrazone groups is 1. The molecule has 134 valence electrons. The summed E-state index contributed by atoms with van der Waals surface area (Å²) in [6.45, 7) is 1.99. The van der Waals surface area contributed by atoms with Crippen molar-refractivity contribution in [1.82, 2.24) is 9.78 Å². The first-order valence-electron chi connectivity index (χ1n) is 7.43. The second kappa shape index (κ2) is 7.57. The van der Waals surface area contributed by atoms with E-state index in [-0.39, 0.29) is 10.0 Å². The first kappa shape index (κ1) is 18.6. The summed E-state index contributed by atoms with van der Waals surface area (Å²) >= 11 is 13.5. The molecule has 2 aromatic heterocycles. The lowest BCUT2D eigenvalue weighted by molar-refractivity contribution is 0.627. The van der Waals surface area contributed by atoms with Gasteiger partial charge < -0.3 is 0 Å². The smallest absolute Gasteiger partial charge is 0.266 e. The molecule has 0 aliphatic rings. The third kappa shape index (κ3) is 3.65. The van der Waals surface area contributed by atoms with Crippen molar-refractivity contribution in [3.63, 3.8) is 0 Å². The lowest BCUT2D eigenvalue weighted by Gasteiger charge is -2.15. The van der Waals surface area contributed by atoms with Gasteiger partial charge in [0.2, 0.25) is 0 Å². The second-order valence-electron chi connectivity index (χ2n) is 5.40. The maximum absolute atomic E-state index is 13.3.